The van der Waals surface area contributed by atoms with Crippen molar-refractivity contribution in [3.63, 3.8) is 0 Å². The molecule has 4 atom stereocenters. The fourth-order valence-electron chi connectivity index (χ4n) is 7.99. The van der Waals surface area contributed by atoms with Gasteiger partial charge in [-0.3, -0.25) is 14.4 Å². The Morgan fingerprint density at radius 2 is 1.88 bits per heavy atom. The summed E-state index contributed by atoms with van der Waals surface area (Å²) in [5.41, 5.74) is -1.42. The number of ketones is 1. The van der Waals surface area contributed by atoms with Gasteiger partial charge in [-0.15, -0.1) is 0 Å². The molecule has 1 aliphatic carbocycles. The van der Waals surface area contributed by atoms with Crippen LogP contribution in [-0.2, 0) is 9.59 Å². The van der Waals surface area contributed by atoms with Crippen molar-refractivity contribution in [1.82, 2.24) is 10.2 Å². The summed E-state index contributed by atoms with van der Waals surface area (Å²) in [6, 6.07) is 3.72. The molecule has 33 heavy (non-hydrogen) atoms. The molecule has 172 valence electrons. The number of carbonyl (C=O) groups excluding carboxylic acids is 3. The number of nitrogens with zero attached hydrogens (tertiary/aromatic N) is 1. The summed E-state index contributed by atoms with van der Waals surface area (Å²) < 4.78 is 6.15. The normalized spacial score (nSPS) is 40.2. The van der Waals surface area contributed by atoms with Gasteiger partial charge in [-0.2, -0.15) is 0 Å². The molecule has 2 bridgehead atoms. The summed E-state index contributed by atoms with van der Waals surface area (Å²) in [5.74, 6) is 0.600. The lowest BCUT2D eigenvalue weighted by atomic mass is 9.59. The number of benzene rings is 1. The highest BCUT2D eigenvalue weighted by Crippen LogP contribution is 2.67. The van der Waals surface area contributed by atoms with Crippen LogP contribution in [-0.4, -0.2) is 51.3 Å². The Kier molecular flexibility index (Phi) is 3.14. The van der Waals surface area contributed by atoms with Crippen molar-refractivity contribution in [2.45, 2.75) is 75.6 Å². The molecule has 7 aliphatic rings. The minimum atomic E-state index is -1.04. The van der Waals surface area contributed by atoms with Gasteiger partial charge in [-0.25, -0.2) is 0 Å². The summed E-state index contributed by atoms with van der Waals surface area (Å²) in [7, 11) is 0. The SMILES string of the molecule is CC1(C)C=Cc2c(ccc3c2N[C@@]2(C[C@@]45NC(=O)[C@@]6(CCCN6C4=O)C[C@@H]5C2(C)C)C3=O)O1. The second-order valence-corrected chi connectivity index (χ2v) is 12.0. The smallest absolute Gasteiger partial charge is 0.249 e. The zero-order valence-corrected chi connectivity index (χ0v) is 19.5. The van der Waals surface area contributed by atoms with Gasteiger partial charge in [0.25, 0.3) is 0 Å². The molecule has 1 aromatic carbocycles. The van der Waals surface area contributed by atoms with E-state index in [9.17, 15) is 14.4 Å². The van der Waals surface area contributed by atoms with Crippen molar-refractivity contribution in [3.05, 3.63) is 29.3 Å². The van der Waals surface area contributed by atoms with Gasteiger partial charge in [0.15, 0.2) is 5.78 Å². The van der Waals surface area contributed by atoms with Crippen molar-refractivity contribution in [2.75, 3.05) is 11.9 Å². The van der Waals surface area contributed by atoms with Crippen LogP contribution < -0.4 is 15.4 Å². The van der Waals surface area contributed by atoms with Gasteiger partial charge in [0, 0.05) is 35.4 Å². The van der Waals surface area contributed by atoms with Crippen molar-refractivity contribution >= 4 is 29.4 Å². The van der Waals surface area contributed by atoms with Crippen LogP contribution in [0.25, 0.3) is 6.08 Å². The minimum Gasteiger partial charge on any atom is -0.483 e. The summed E-state index contributed by atoms with van der Waals surface area (Å²) in [4.78, 5) is 43.1. The zero-order valence-electron chi connectivity index (χ0n) is 19.5. The standard InChI is InChI=1S/C26H29N3O4/c1-22(2)10-8-14-16(33-22)7-6-15-18(14)27-26(19(15)30)13-25-17(23(26,3)4)12-24(20(31)28-25)9-5-11-29(24)21(25)32/h6-8,10,17,27H,5,9,11-13H2,1-4H3,(H,28,31)/t17-,24-,25+,26+/m1/s1. The van der Waals surface area contributed by atoms with Crippen LogP contribution in [0.15, 0.2) is 18.2 Å². The van der Waals surface area contributed by atoms with Gasteiger partial charge in [-0.05, 0) is 57.4 Å². The Labute approximate surface area is 192 Å². The maximum absolute atomic E-state index is 14.1. The van der Waals surface area contributed by atoms with Crippen LogP contribution in [0.3, 0.4) is 0 Å². The lowest BCUT2D eigenvalue weighted by molar-refractivity contribution is -0.175. The lowest BCUT2D eigenvalue weighted by Crippen LogP contribution is -2.81. The summed E-state index contributed by atoms with van der Waals surface area (Å²) >= 11 is 0. The summed E-state index contributed by atoms with van der Waals surface area (Å²) in [6.45, 7) is 8.82. The molecule has 0 aromatic heterocycles. The minimum absolute atomic E-state index is 0.00152. The second-order valence-electron chi connectivity index (χ2n) is 12.0. The number of piperazine rings is 1. The highest BCUT2D eigenvalue weighted by Gasteiger charge is 2.80. The van der Waals surface area contributed by atoms with Crippen LogP contribution >= 0.6 is 0 Å². The van der Waals surface area contributed by atoms with Crippen LogP contribution in [0.4, 0.5) is 5.69 Å². The van der Waals surface area contributed by atoms with Crippen LogP contribution in [0, 0.1) is 11.3 Å². The monoisotopic (exact) mass is 447 g/mol. The highest BCUT2D eigenvalue weighted by molar-refractivity contribution is 6.17. The van der Waals surface area contributed by atoms with Crippen LogP contribution in [0.2, 0.25) is 0 Å². The Balaban J connectivity index is 1.38. The van der Waals surface area contributed by atoms with E-state index in [1.165, 1.54) is 0 Å². The third kappa shape index (κ3) is 1.91. The van der Waals surface area contributed by atoms with Gasteiger partial charge in [0.05, 0.1) is 5.69 Å². The number of nitrogens with one attached hydrogen (secondary N) is 2. The van der Waals surface area contributed by atoms with Crippen molar-refractivity contribution in [1.29, 1.82) is 0 Å². The Morgan fingerprint density at radius 3 is 2.67 bits per heavy atom. The van der Waals surface area contributed by atoms with E-state index in [0.717, 1.165) is 23.4 Å². The van der Waals surface area contributed by atoms with Crippen molar-refractivity contribution < 1.29 is 19.1 Å². The highest BCUT2D eigenvalue weighted by atomic mass is 16.5. The number of carbonyl (C=O) groups is 3. The number of rotatable bonds is 0. The molecule has 6 heterocycles. The topological polar surface area (TPSA) is 87.7 Å². The first-order valence-corrected chi connectivity index (χ1v) is 12.0. The summed E-state index contributed by atoms with van der Waals surface area (Å²) in [6.07, 6.45) is 6.48. The molecule has 2 N–H and O–H groups in total. The predicted octanol–water partition coefficient (Wildman–Crippen LogP) is 2.90. The molecule has 5 fully saturated rings. The van der Waals surface area contributed by atoms with Gasteiger partial charge < -0.3 is 20.3 Å². The number of anilines is 1. The molecule has 7 heteroatoms. The van der Waals surface area contributed by atoms with E-state index in [1.54, 1.807) is 0 Å². The van der Waals surface area contributed by atoms with Crippen LogP contribution in [0.5, 0.6) is 5.75 Å². The number of hydrogen-bond donors (Lipinski definition) is 2. The Hall–Kier alpha value is -2.83. The van der Waals surface area contributed by atoms with Gasteiger partial charge in [0.1, 0.15) is 28.0 Å². The molecule has 0 radical (unpaired) electrons. The average molecular weight is 448 g/mol. The molecule has 1 aromatic rings. The van der Waals surface area contributed by atoms with E-state index < -0.39 is 27.6 Å². The molecule has 2 amide bonds. The second kappa shape index (κ2) is 5.29. The van der Waals surface area contributed by atoms with E-state index in [2.05, 4.69) is 24.5 Å². The number of ether oxygens (including phenoxy) is 1. The number of piperidine rings is 2. The average Bonchev–Trinajstić information content (AvgIpc) is 3.35. The predicted molar refractivity (Wildman–Crippen MR) is 122 cm³/mol. The third-order valence-electron chi connectivity index (χ3n) is 9.73. The number of fused-ring (bicyclic) bond motifs is 4. The lowest BCUT2D eigenvalue weighted by Gasteiger charge is -2.58. The van der Waals surface area contributed by atoms with Gasteiger partial charge >= 0.3 is 0 Å². The van der Waals surface area contributed by atoms with E-state index in [1.807, 2.05) is 43.0 Å². The molecule has 8 rings (SSSR count). The molecular weight excluding hydrogens is 418 g/mol. The largest absolute Gasteiger partial charge is 0.483 e. The van der Waals surface area contributed by atoms with E-state index in [0.29, 0.717) is 24.9 Å². The molecule has 3 spiro atoms. The first-order valence-electron chi connectivity index (χ1n) is 12.0. The first kappa shape index (κ1) is 19.6. The molecular formula is C26H29N3O4. The first-order chi connectivity index (χ1) is 15.5. The Morgan fingerprint density at radius 1 is 1.09 bits per heavy atom. The molecule has 7 nitrogen and oxygen atoms in total. The van der Waals surface area contributed by atoms with Crippen molar-refractivity contribution in [2.24, 2.45) is 11.3 Å². The fraction of sp³-hybridized carbons (Fsp3) is 0.577. The van der Waals surface area contributed by atoms with Crippen molar-refractivity contribution in [3.8, 4) is 5.75 Å². The maximum Gasteiger partial charge on any atom is 0.249 e. The molecule has 6 aliphatic heterocycles. The van der Waals surface area contributed by atoms with Gasteiger partial charge in [0.2, 0.25) is 11.8 Å². The summed E-state index contributed by atoms with van der Waals surface area (Å²) in [5, 5.41) is 6.80. The maximum atomic E-state index is 14.1. The molecule has 0 unspecified atom stereocenters. The Bertz CT molecular complexity index is 1230. The fourth-order valence-corrected chi connectivity index (χ4v) is 7.99. The van der Waals surface area contributed by atoms with E-state index in [-0.39, 0.29) is 29.9 Å². The molecule has 1 saturated carbocycles. The van der Waals surface area contributed by atoms with E-state index in [4.69, 9.17) is 4.74 Å². The quantitative estimate of drug-likeness (QED) is 0.639. The number of amides is 2. The molecule has 4 saturated heterocycles. The number of Topliss-reactive ketones (excluding diaryl/α,β-unsaturated/α-hetero) is 1. The zero-order chi connectivity index (χ0) is 23.2. The third-order valence-corrected chi connectivity index (χ3v) is 9.73. The number of hydrogen-bond acceptors (Lipinski definition) is 5. The van der Waals surface area contributed by atoms with E-state index >= 15 is 0 Å². The van der Waals surface area contributed by atoms with Crippen LogP contribution in [0.1, 0.15) is 69.3 Å². The van der Waals surface area contributed by atoms with Gasteiger partial charge in [-0.1, -0.05) is 13.8 Å².